The molecule has 1 N–H and O–H groups in total. The van der Waals surface area contributed by atoms with Gasteiger partial charge in [0.15, 0.2) is 0 Å². The maximum Gasteiger partial charge on any atom is 0.255 e. The molecular formula is C23H16N4O. The fraction of sp³-hybridized carbons (Fsp3) is 0. The molecule has 0 unspecified atom stereocenters. The Morgan fingerprint density at radius 3 is 2.32 bits per heavy atom. The number of nitrogens with zero attached hydrogens (tertiary/aromatic N) is 3. The van der Waals surface area contributed by atoms with Crippen LogP contribution in [0.3, 0.4) is 0 Å². The van der Waals surface area contributed by atoms with Gasteiger partial charge in [-0.05, 0) is 53.2 Å². The predicted molar refractivity (Wildman–Crippen MR) is 111 cm³/mol. The summed E-state index contributed by atoms with van der Waals surface area (Å²) in [6, 6.07) is 28.9. The number of fused-ring (bicyclic) bond motifs is 2. The SMILES string of the molecule is O=C(Nc1ccc2nn(-c3ccccc3)nc2c1)c1ccc2ccccc2c1. The second-order valence-electron chi connectivity index (χ2n) is 6.54. The first-order valence-electron chi connectivity index (χ1n) is 8.99. The molecular weight excluding hydrogens is 348 g/mol. The van der Waals surface area contributed by atoms with Crippen LogP contribution in [0.4, 0.5) is 5.69 Å². The number of rotatable bonds is 3. The van der Waals surface area contributed by atoms with Crippen LogP contribution in [0, 0.1) is 0 Å². The van der Waals surface area contributed by atoms with Gasteiger partial charge in [0.2, 0.25) is 0 Å². The third-order valence-corrected chi connectivity index (χ3v) is 4.64. The summed E-state index contributed by atoms with van der Waals surface area (Å²) in [6.07, 6.45) is 0. The van der Waals surface area contributed by atoms with Crippen LogP contribution in [0.15, 0.2) is 91.0 Å². The van der Waals surface area contributed by atoms with Crippen LogP contribution in [0.5, 0.6) is 0 Å². The number of carbonyl (C=O) groups excluding carboxylic acids is 1. The molecule has 0 aliphatic rings. The Morgan fingerprint density at radius 2 is 1.46 bits per heavy atom. The van der Waals surface area contributed by atoms with E-state index in [-0.39, 0.29) is 5.91 Å². The highest BCUT2D eigenvalue weighted by Crippen LogP contribution is 2.20. The number of amides is 1. The van der Waals surface area contributed by atoms with E-state index in [0.717, 1.165) is 27.5 Å². The van der Waals surface area contributed by atoms with Crippen LogP contribution in [-0.4, -0.2) is 20.9 Å². The molecule has 5 nitrogen and oxygen atoms in total. The highest BCUT2D eigenvalue weighted by molar-refractivity contribution is 6.07. The molecule has 134 valence electrons. The Balaban J connectivity index is 1.43. The molecule has 5 aromatic rings. The number of benzene rings is 4. The van der Waals surface area contributed by atoms with Gasteiger partial charge in [-0.3, -0.25) is 4.79 Å². The first-order chi connectivity index (χ1) is 13.8. The standard InChI is InChI=1S/C23H16N4O/c28-23(18-11-10-16-6-4-5-7-17(16)14-18)24-19-12-13-21-22(15-19)26-27(25-21)20-8-2-1-3-9-20/h1-15H,(H,24,28). The van der Waals surface area contributed by atoms with Crippen molar-refractivity contribution < 1.29 is 4.79 Å². The van der Waals surface area contributed by atoms with Gasteiger partial charge in [0, 0.05) is 11.3 Å². The van der Waals surface area contributed by atoms with Crippen LogP contribution in [-0.2, 0) is 0 Å². The van der Waals surface area contributed by atoms with Gasteiger partial charge in [-0.1, -0.05) is 48.5 Å². The van der Waals surface area contributed by atoms with Crippen LogP contribution < -0.4 is 5.32 Å². The normalized spacial score (nSPS) is 11.0. The van der Waals surface area contributed by atoms with Crippen molar-refractivity contribution in [2.75, 3.05) is 5.32 Å². The summed E-state index contributed by atoms with van der Waals surface area (Å²) < 4.78 is 0. The summed E-state index contributed by atoms with van der Waals surface area (Å²) in [7, 11) is 0. The highest BCUT2D eigenvalue weighted by Gasteiger charge is 2.10. The van der Waals surface area contributed by atoms with E-state index in [1.807, 2.05) is 91.0 Å². The van der Waals surface area contributed by atoms with Gasteiger partial charge in [-0.25, -0.2) is 0 Å². The number of aromatic nitrogens is 3. The zero-order valence-corrected chi connectivity index (χ0v) is 14.9. The molecule has 1 amide bonds. The molecule has 0 aliphatic carbocycles. The van der Waals surface area contributed by atoms with Gasteiger partial charge < -0.3 is 5.32 Å². The first-order valence-corrected chi connectivity index (χ1v) is 8.99. The van der Waals surface area contributed by atoms with Crippen molar-refractivity contribution in [3.63, 3.8) is 0 Å². The van der Waals surface area contributed by atoms with Crippen LogP contribution >= 0.6 is 0 Å². The minimum atomic E-state index is -0.152. The van der Waals surface area contributed by atoms with Crippen LogP contribution in [0.1, 0.15) is 10.4 Å². The van der Waals surface area contributed by atoms with Crippen LogP contribution in [0.25, 0.3) is 27.5 Å². The summed E-state index contributed by atoms with van der Waals surface area (Å²) in [4.78, 5) is 14.3. The van der Waals surface area contributed by atoms with E-state index in [9.17, 15) is 4.79 Å². The number of hydrogen-bond donors (Lipinski definition) is 1. The molecule has 5 rings (SSSR count). The number of hydrogen-bond acceptors (Lipinski definition) is 3. The molecule has 0 fully saturated rings. The Bertz CT molecular complexity index is 1310. The van der Waals surface area contributed by atoms with Crippen molar-refractivity contribution in [2.24, 2.45) is 0 Å². The largest absolute Gasteiger partial charge is 0.322 e. The van der Waals surface area contributed by atoms with E-state index in [4.69, 9.17) is 0 Å². The molecule has 1 heterocycles. The van der Waals surface area contributed by atoms with Gasteiger partial charge in [0.1, 0.15) is 11.0 Å². The van der Waals surface area contributed by atoms with Gasteiger partial charge in [0.25, 0.3) is 5.91 Å². The summed E-state index contributed by atoms with van der Waals surface area (Å²) in [6.45, 7) is 0. The second-order valence-corrected chi connectivity index (χ2v) is 6.54. The molecule has 0 aliphatic heterocycles. The molecule has 1 aromatic heterocycles. The van der Waals surface area contributed by atoms with Crippen molar-refractivity contribution >= 4 is 33.4 Å². The smallest absolute Gasteiger partial charge is 0.255 e. The number of nitrogens with one attached hydrogen (secondary N) is 1. The van der Waals surface area contributed by atoms with Crippen LogP contribution in [0.2, 0.25) is 0 Å². The van der Waals surface area contributed by atoms with Gasteiger partial charge in [-0.15, -0.1) is 10.2 Å². The lowest BCUT2D eigenvalue weighted by Crippen LogP contribution is -2.11. The minimum Gasteiger partial charge on any atom is -0.322 e. The van der Waals surface area contributed by atoms with E-state index >= 15 is 0 Å². The van der Waals surface area contributed by atoms with Crippen molar-refractivity contribution in [3.8, 4) is 5.69 Å². The van der Waals surface area contributed by atoms with E-state index in [1.165, 1.54) is 0 Å². The number of carbonyl (C=O) groups is 1. The topological polar surface area (TPSA) is 59.8 Å². The predicted octanol–water partition coefficient (Wildman–Crippen LogP) is 4.83. The van der Waals surface area contributed by atoms with Crippen molar-refractivity contribution in [1.29, 1.82) is 0 Å². The van der Waals surface area contributed by atoms with Crippen molar-refractivity contribution in [2.45, 2.75) is 0 Å². The molecule has 4 aromatic carbocycles. The minimum absolute atomic E-state index is 0.152. The second kappa shape index (κ2) is 6.63. The van der Waals surface area contributed by atoms with Crippen molar-refractivity contribution in [3.05, 3.63) is 96.6 Å². The van der Waals surface area contributed by atoms with Gasteiger partial charge in [-0.2, -0.15) is 4.80 Å². The van der Waals surface area contributed by atoms with E-state index in [2.05, 4.69) is 15.5 Å². The number of para-hydroxylation sites is 1. The zero-order valence-electron chi connectivity index (χ0n) is 14.9. The average molecular weight is 364 g/mol. The van der Waals surface area contributed by atoms with E-state index in [1.54, 1.807) is 4.80 Å². The molecule has 0 saturated carbocycles. The Kier molecular flexibility index (Phi) is 3.84. The lowest BCUT2D eigenvalue weighted by molar-refractivity contribution is 0.102. The molecule has 0 saturated heterocycles. The van der Waals surface area contributed by atoms with E-state index in [0.29, 0.717) is 11.3 Å². The summed E-state index contributed by atoms with van der Waals surface area (Å²) in [5, 5.41) is 14.1. The maximum absolute atomic E-state index is 12.7. The molecule has 0 radical (unpaired) electrons. The van der Waals surface area contributed by atoms with Crippen molar-refractivity contribution in [1.82, 2.24) is 15.0 Å². The lowest BCUT2D eigenvalue weighted by atomic mass is 10.1. The summed E-state index contributed by atoms with van der Waals surface area (Å²) >= 11 is 0. The van der Waals surface area contributed by atoms with Gasteiger partial charge >= 0.3 is 0 Å². The molecule has 0 bridgehead atoms. The fourth-order valence-corrected chi connectivity index (χ4v) is 3.20. The Hall–Kier alpha value is -3.99. The summed E-state index contributed by atoms with van der Waals surface area (Å²) in [5.41, 5.74) is 3.69. The highest BCUT2D eigenvalue weighted by atomic mass is 16.1. The quantitative estimate of drug-likeness (QED) is 0.499. The molecule has 5 heteroatoms. The zero-order chi connectivity index (χ0) is 18.9. The third kappa shape index (κ3) is 2.99. The third-order valence-electron chi connectivity index (χ3n) is 4.64. The molecule has 28 heavy (non-hydrogen) atoms. The monoisotopic (exact) mass is 364 g/mol. The maximum atomic E-state index is 12.7. The Labute approximate surface area is 161 Å². The lowest BCUT2D eigenvalue weighted by Gasteiger charge is -2.06. The summed E-state index contributed by atoms with van der Waals surface area (Å²) in [5.74, 6) is -0.152. The fourth-order valence-electron chi connectivity index (χ4n) is 3.20. The molecule has 0 atom stereocenters. The van der Waals surface area contributed by atoms with Gasteiger partial charge in [0.05, 0.1) is 5.69 Å². The van der Waals surface area contributed by atoms with E-state index < -0.39 is 0 Å². The average Bonchev–Trinajstić information content (AvgIpc) is 3.17. The number of anilines is 1. The molecule has 0 spiro atoms. The first kappa shape index (κ1) is 16.2. The Morgan fingerprint density at radius 1 is 0.714 bits per heavy atom.